The van der Waals surface area contributed by atoms with Crippen LogP contribution in [0.3, 0.4) is 0 Å². The van der Waals surface area contributed by atoms with E-state index in [4.69, 9.17) is 4.74 Å². The first-order valence-electron chi connectivity index (χ1n) is 7.12. The third kappa shape index (κ3) is 5.32. The van der Waals surface area contributed by atoms with E-state index < -0.39 is 47.1 Å². The van der Waals surface area contributed by atoms with Crippen molar-refractivity contribution in [1.29, 1.82) is 0 Å². The summed E-state index contributed by atoms with van der Waals surface area (Å²) in [6, 6.07) is 0. The third-order valence-electron chi connectivity index (χ3n) is 2.79. The van der Waals surface area contributed by atoms with E-state index in [-0.39, 0.29) is 0 Å². The lowest BCUT2D eigenvalue weighted by atomic mass is 9.94. The Morgan fingerprint density at radius 3 is 1.83 bits per heavy atom. The smallest absolute Gasteiger partial charge is 0.323 e. The summed E-state index contributed by atoms with van der Waals surface area (Å²) >= 11 is 0. The van der Waals surface area contributed by atoms with Gasteiger partial charge in [-0.1, -0.05) is 0 Å². The van der Waals surface area contributed by atoms with E-state index in [1.165, 1.54) is 14.1 Å². The maximum Gasteiger partial charge on any atom is 0.323 e. The van der Waals surface area contributed by atoms with Gasteiger partial charge in [-0.15, -0.1) is 0 Å². The second-order valence-corrected chi connectivity index (χ2v) is 6.37. The number of ketones is 1. The summed E-state index contributed by atoms with van der Waals surface area (Å²) in [5.74, 6) is -5.25. The largest absolute Gasteiger partial charge is 0.469 e. The van der Waals surface area contributed by atoms with E-state index in [0.717, 1.165) is 18.9 Å². The van der Waals surface area contributed by atoms with Gasteiger partial charge in [0, 0.05) is 19.6 Å². The SMILES string of the molecule is COC(=O)CC(=O)OC(C(C)=O)(C(=O)NC(C)(C)C)C(=O)N(C)C. The molecule has 1 N–H and O–H groups in total. The number of Topliss-reactive ketones (excluding diaryl/α,β-unsaturated/α-hetero) is 1. The van der Waals surface area contributed by atoms with Crippen LogP contribution in [0.1, 0.15) is 34.1 Å². The lowest BCUT2D eigenvalue weighted by Crippen LogP contribution is -2.65. The number of hydrogen-bond donors (Lipinski definition) is 1. The van der Waals surface area contributed by atoms with Crippen LogP contribution in [0.25, 0.3) is 0 Å². The average Bonchev–Trinajstić information content (AvgIpc) is 2.41. The summed E-state index contributed by atoms with van der Waals surface area (Å²) < 4.78 is 9.23. The van der Waals surface area contributed by atoms with Gasteiger partial charge >= 0.3 is 17.5 Å². The first kappa shape index (κ1) is 21.6. The Hall–Kier alpha value is -2.45. The first-order valence-corrected chi connectivity index (χ1v) is 7.12. The van der Waals surface area contributed by atoms with Gasteiger partial charge in [-0.3, -0.25) is 24.0 Å². The molecule has 1 atom stereocenters. The van der Waals surface area contributed by atoms with E-state index in [9.17, 15) is 24.0 Å². The number of likely N-dealkylation sites (N-methyl/N-ethyl adjacent to an activating group) is 1. The molecule has 0 bridgehead atoms. The third-order valence-corrected chi connectivity index (χ3v) is 2.79. The summed E-state index contributed by atoms with van der Waals surface area (Å²) in [5.41, 5.74) is -3.50. The van der Waals surface area contributed by atoms with Gasteiger partial charge in [0.15, 0.2) is 5.78 Å². The molecule has 0 radical (unpaired) electrons. The van der Waals surface area contributed by atoms with Crippen molar-refractivity contribution in [2.24, 2.45) is 0 Å². The first-order chi connectivity index (χ1) is 10.8. The van der Waals surface area contributed by atoms with E-state index >= 15 is 0 Å². The molecule has 0 aliphatic heterocycles. The number of ether oxygens (including phenoxy) is 2. The second-order valence-electron chi connectivity index (χ2n) is 6.37. The van der Waals surface area contributed by atoms with Crippen molar-refractivity contribution in [2.45, 2.75) is 45.3 Å². The lowest BCUT2D eigenvalue weighted by molar-refractivity contribution is -0.183. The van der Waals surface area contributed by atoms with Gasteiger partial charge in [0.1, 0.15) is 6.42 Å². The zero-order valence-electron chi connectivity index (χ0n) is 15.0. The zero-order valence-corrected chi connectivity index (χ0v) is 15.0. The Balaban J connectivity index is 5.91. The van der Waals surface area contributed by atoms with Crippen LogP contribution in [0.2, 0.25) is 0 Å². The van der Waals surface area contributed by atoms with Gasteiger partial charge in [-0.2, -0.15) is 0 Å². The van der Waals surface area contributed by atoms with Crippen LogP contribution in [0, 0.1) is 0 Å². The average molecular weight is 344 g/mol. The van der Waals surface area contributed by atoms with Crippen LogP contribution < -0.4 is 5.32 Å². The fourth-order valence-corrected chi connectivity index (χ4v) is 1.71. The number of esters is 2. The fourth-order valence-electron chi connectivity index (χ4n) is 1.71. The molecule has 9 heteroatoms. The van der Waals surface area contributed by atoms with Crippen molar-refractivity contribution in [3.63, 3.8) is 0 Å². The number of nitrogens with one attached hydrogen (secondary N) is 1. The Kier molecular flexibility index (Phi) is 7.09. The Morgan fingerprint density at radius 1 is 1.00 bits per heavy atom. The fraction of sp³-hybridized carbons (Fsp3) is 0.667. The monoisotopic (exact) mass is 344 g/mol. The highest BCUT2D eigenvalue weighted by molar-refractivity contribution is 6.27. The summed E-state index contributed by atoms with van der Waals surface area (Å²) in [6.45, 7) is 5.85. The molecule has 136 valence electrons. The molecule has 9 nitrogen and oxygen atoms in total. The van der Waals surface area contributed by atoms with Crippen molar-refractivity contribution >= 4 is 29.5 Å². The highest BCUT2D eigenvalue weighted by Crippen LogP contribution is 2.20. The number of amides is 2. The van der Waals surface area contributed by atoms with E-state index in [1.807, 2.05) is 0 Å². The van der Waals surface area contributed by atoms with Gasteiger partial charge in [0.05, 0.1) is 7.11 Å². The summed E-state index contributed by atoms with van der Waals surface area (Å²) in [5, 5.41) is 2.45. The van der Waals surface area contributed by atoms with Crippen LogP contribution >= 0.6 is 0 Å². The van der Waals surface area contributed by atoms with Crippen LogP contribution in [-0.2, 0) is 33.4 Å². The molecule has 24 heavy (non-hydrogen) atoms. The molecule has 0 aromatic heterocycles. The Bertz CT molecular complexity index is 549. The molecule has 1 unspecified atom stereocenters. The second kappa shape index (κ2) is 7.89. The summed E-state index contributed by atoms with van der Waals surface area (Å²) in [4.78, 5) is 61.2. The molecule has 0 aromatic carbocycles. The topological polar surface area (TPSA) is 119 Å². The molecule has 0 heterocycles. The molecule has 0 fully saturated rings. The van der Waals surface area contributed by atoms with Gasteiger partial charge < -0.3 is 19.7 Å². The normalized spacial score (nSPS) is 13.3. The summed E-state index contributed by atoms with van der Waals surface area (Å²) in [7, 11) is 3.67. The number of nitrogens with zero attached hydrogens (tertiary/aromatic N) is 1. The number of carbonyl (C=O) groups excluding carboxylic acids is 5. The molecule has 0 aliphatic rings. The quantitative estimate of drug-likeness (QED) is 0.506. The molecule has 2 amide bonds. The van der Waals surface area contributed by atoms with E-state index in [2.05, 4.69) is 10.1 Å². The molecular formula is C15H24N2O7. The van der Waals surface area contributed by atoms with Crippen LogP contribution in [0.4, 0.5) is 0 Å². The predicted molar refractivity (Wildman–Crippen MR) is 82.7 cm³/mol. The molecule has 0 aromatic rings. The van der Waals surface area contributed by atoms with E-state index in [0.29, 0.717) is 0 Å². The maximum atomic E-state index is 12.6. The van der Waals surface area contributed by atoms with Crippen LogP contribution in [0.5, 0.6) is 0 Å². The van der Waals surface area contributed by atoms with Gasteiger partial charge in [0.25, 0.3) is 11.8 Å². The molecule has 0 saturated carbocycles. The minimum absolute atomic E-state index is 0.793. The zero-order chi connectivity index (χ0) is 19.3. The summed E-state index contributed by atoms with van der Waals surface area (Å²) in [6.07, 6.45) is -0.838. The van der Waals surface area contributed by atoms with Crippen LogP contribution in [0.15, 0.2) is 0 Å². The van der Waals surface area contributed by atoms with Crippen molar-refractivity contribution in [1.82, 2.24) is 10.2 Å². The number of carbonyl (C=O) groups is 5. The Labute approximate surface area is 140 Å². The Morgan fingerprint density at radius 2 is 1.50 bits per heavy atom. The molecule has 0 aliphatic carbocycles. The highest BCUT2D eigenvalue weighted by atomic mass is 16.6. The van der Waals surface area contributed by atoms with Gasteiger partial charge in [0.2, 0.25) is 0 Å². The predicted octanol–water partition coefficient (Wildman–Crippen LogP) is -0.577. The van der Waals surface area contributed by atoms with Gasteiger partial charge in [-0.05, 0) is 27.7 Å². The lowest BCUT2D eigenvalue weighted by Gasteiger charge is -2.33. The van der Waals surface area contributed by atoms with Crippen LogP contribution in [-0.4, -0.2) is 66.8 Å². The molecule has 0 saturated heterocycles. The molecule has 0 spiro atoms. The van der Waals surface area contributed by atoms with Crippen molar-refractivity contribution in [2.75, 3.05) is 21.2 Å². The van der Waals surface area contributed by atoms with E-state index in [1.54, 1.807) is 20.8 Å². The number of methoxy groups -OCH3 is 1. The van der Waals surface area contributed by atoms with Crippen molar-refractivity contribution in [3.8, 4) is 0 Å². The van der Waals surface area contributed by atoms with Gasteiger partial charge in [-0.25, -0.2) is 0 Å². The maximum absolute atomic E-state index is 12.6. The minimum Gasteiger partial charge on any atom is -0.469 e. The molecule has 0 rings (SSSR count). The number of hydrogen-bond acceptors (Lipinski definition) is 7. The number of rotatable bonds is 6. The molecular weight excluding hydrogens is 320 g/mol. The van der Waals surface area contributed by atoms with Crippen molar-refractivity contribution in [3.05, 3.63) is 0 Å². The van der Waals surface area contributed by atoms with Crippen molar-refractivity contribution < 1.29 is 33.4 Å². The standard InChI is InChI=1S/C15H24N2O7/c1-9(18)15(13(22)17(5)6,12(21)16-14(2,3)4)24-11(20)8-10(19)23-7/h8H2,1-7H3,(H,16,21). The highest BCUT2D eigenvalue weighted by Gasteiger charge is 2.56. The minimum atomic E-state index is -2.71.